The van der Waals surface area contributed by atoms with Crippen molar-refractivity contribution in [3.63, 3.8) is 0 Å². The van der Waals surface area contributed by atoms with E-state index in [4.69, 9.17) is 11.6 Å². The molecule has 3 aromatic rings. The Balaban J connectivity index is 1.77. The summed E-state index contributed by atoms with van der Waals surface area (Å²) in [5.41, 5.74) is 4.07. The molecule has 0 aliphatic carbocycles. The van der Waals surface area contributed by atoms with Crippen molar-refractivity contribution in [3.8, 4) is 0 Å². The highest BCUT2D eigenvalue weighted by atomic mass is 35.5. The van der Waals surface area contributed by atoms with E-state index in [1.165, 1.54) is 12.1 Å². The highest BCUT2D eigenvalue weighted by Crippen LogP contribution is 2.26. The first kappa shape index (κ1) is 20.8. The molecule has 0 aliphatic heterocycles. The van der Waals surface area contributed by atoms with E-state index in [2.05, 4.69) is 15.6 Å². The first-order valence-electron chi connectivity index (χ1n) is 9.39. The van der Waals surface area contributed by atoms with Gasteiger partial charge in [0.25, 0.3) is 5.91 Å². The van der Waals surface area contributed by atoms with Gasteiger partial charge in [0, 0.05) is 23.5 Å². The molecule has 0 saturated heterocycles. The molecular weight excluding hydrogens is 389 g/mol. The summed E-state index contributed by atoms with van der Waals surface area (Å²) in [6.45, 7) is 6.32. The van der Waals surface area contributed by atoms with Gasteiger partial charge in [-0.05, 0) is 59.9 Å². The Morgan fingerprint density at radius 2 is 1.86 bits per heavy atom. The second-order valence-corrected chi connectivity index (χ2v) is 7.62. The van der Waals surface area contributed by atoms with Gasteiger partial charge < -0.3 is 10.6 Å². The number of pyridine rings is 1. The van der Waals surface area contributed by atoms with Crippen LogP contribution in [0, 0.1) is 12.7 Å². The van der Waals surface area contributed by atoms with E-state index >= 15 is 0 Å². The SMILES string of the molecule is Cc1ccc(Nc2cc(C(C)C)c(C(=O)NCc3ccc(F)cc3)cn2)cc1Cl. The fourth-order valence-corrected chi connectivity index (χ4v) is 3.09. The Hall–Kier alpha value is -2.92. The summed E-state index contributed by atoms with van der Waals surface area (Å²) in [7, 11) is 0. The molecule has 0 bridgehead atoms. The third-order valence-corrected chi connectivity index (χ3v) is 5.02. The summed E-state index contributed by atoms with van der Waals surface area (Å²) in [6, 6.07) is 13.6. The lowest BCUT2D eigenvalue weighted by molar-refractivity contribution is 0.0949. The summed E-state index contributed by atoms with van der Waals surface area (Å²) in [5.74, 6) is 0.259. The zero-order chi connectivity index (χ0) is 21.0. The number of hydrogen-bond donors (Lipinski definition) is 2. The number of aryl methyl sites for hydroxylation is 1. The molecule has 0 atom stereocenters. The van der Waals surface area contributed by atoms with Gasteiger partial charge in [-0.15, -0.1) is 0 Å². The molecule has 2 aromatic carbocycles. The van der Waals surface area contributed by atoms with Crippen LogP contribution in [-0.4, -0.2) is 10.9 Å². The third-order valence-electron chi connectivity index (χ3n) is 4.61. The summed E-state index contributed by atoms with van der Waals surface area (Å²) >= 11 is 6.19. The quantitative estimate of drug-likeness (QED) is 0.524. The first-order valence-corrected chi connectivity index (χ1v) is 9.77. The number of nitrogens with zero attached hydrogens (tertiary/aromatic N) is 1. The maximum Gasteiger partial charge on any atom is 0.253 e. The molecule has 3 rings (SSSR count). The summed E-state index contributed by atoms with van der Waals surface area (Å²) < 4.78 is 13.0. The molecule has 0 aliphatic rings. The number of amides is 1. The van der Waals surface area contributed by atoms with Crippen molar-refractivity contribution >= 4 is 29.0 Å². The standard InChI is InChI=1S/C23H23ClFN3O/c1-14(2)19-11-22(28-18-9-4-15(3)21(24)10-18)26-13-20(19)23(29)27-12-16-5-7-17(25)8-6-16/h4-11,13-14H,12H2,1-3H3,(H,26,28)(H,27,29). The lowest BCUT2D eigenvalue weighted by Gasteiger charge is -2.15. The summed E-state index contributed by atoms with van der Waals surface area (Å²) in [4.78, 5) is 17.1. The first-order chi connectivity index (χ1) is 13.8. The van der Waals surface area contributed by atoms with Gasteiger partial charge in [-0.25, -0.2) is 9.37 Å². The molecule has 0 radical (unpaired) electrons. The van der Waals surface area contributed by atoms with Crippen LogP contribution in [0.5, 0.6) is 0 Å². The number of nitrogens with one attached hydrogen (secondary N) is 2. The van der Waals surface area contributed by atoms with E-state index < -0.39 is 0 Å². The van der Waals surface area contributed by atoms with Crippen LogP contribution in [-0.2, 0) is 6.54 Å². The summed E-state index contributed by atoms with van der Waals surface area (Å²) in [6.07, 6.45) is 1.58. The Morgan fingerprint density at radius 1 is 1.14 bits per heavy atom. The molecule has 1 heterocycles. The Morgan fingerprint density at radius 3 is 2.52 bits per heavy atom. The minimum Gasteiger partial charge on any atom is -0.348 e. The van der Waals surface area contributed by atoms with E-state index in [0.717, 1.165) is 22.4 Å². The molecule has 150 valence electrons. The largest absolute Gasteiger partial charge is 0.348 e. The van der Waals surface area contributed by atoms with Crippen LogP contribution in [0.15, 0.2) is 54.7 Å². The maximum absolute atomic E-state index is 13.0. The number of anilines is 2. The lowest BCUT2D eigenvalue weighted by Crippen LogP contribution is -2.24. The van der Waals surface area contributed by atoms with Crippen molar-refractivity contribution in [2.75, 3.05) is 5.32 Å². The number of hydrogen-bond acceptors (Lipinski definition) is 3. The molecule has 0 fully saturated rings. The number of carbonyl (C=O) groups excluding carboxylic acids is 1. The van der Waals surface area contributed by atoms with Crippen molar-refractivity contribution in [3.05, 3.63) is 87.8 Å². The number of aromatic nitrogens is 1. The Bertz CT molecular complexity index is 1020. The van der Waals surface area contributed by atoms with Gasteiger partial charge in [0.1, 0.15) is 11.6 Å². The average Bonchev–Trinajstić information content (AvgIpc) is 2.70. The zero-order valence-electron chi connectivity index (χ0n) is 16.6. The molecule has 29 heavy (non-hydrogen) atoms. The fourth-order valence-electron chi connectivity index (χ4n) is 2.91. The van der Waals surface area contributed by atoms with Gasteiger partial charge in [0.15, 0.2) is 0 Å². The number of carbonyl (C=O) groups is 1. The Kier molecular flexibility index (Phi) is 6.49. The van der Waals surface area contributed by atoms with Crippen molar-refractivity contribution < 1.29 is 9.18 Å². The van der Waals surface area contributed by atoms with E-state index in [1.807, 2.05) is 45.0 Å². The van der Waals surface area contributed by atoms with Gasteiger partial charge in [0.2, 0.25) is 0 Å². The average molecular weight is 412 g/mol. The van der Waals surface area contributed by atoms with E-state index in [-0.39, 0.29) is 17.6 Å². The van der Waals surface area contributed by atoms with E-state index in [1.54, 1.807) is 18.3 Å². The van der Waals surface area contributed by atoms with Crippen LogP contribution >= 0.6 is 11.6 Å². The predicted molar refractivity (Wildman–Crippen MR) is 115 cm³/mol. The smallest absolute Gasteiger partial charge is 0.253 e. The van der Waals surface area contributed by atoms with Crippen LogP contribution in [0.1, 0.15) is 46.8 Å². The van der Waals surface area contributed by atoms with Crippen molar-refractivity contribution in [2.24, 2.45) is 0 Å². The molecular formula is C23H23ClFN3O. The maximum atomic E-state index is 13.0. The van der Waals surface area contributed by atoms with E-state index in [9.17, 15) is 9.18 Å². The zero-order valence-corrected chi connectivity index (χ0v) is 17.3. The van der Waals surface area contributed by atoms with E-state index in [0.29, 0.717) is 22.9 Å². The van der Waals surface area contributed by atoms with Gasteiger partial charge in [0.05, 0.1) is 5.56 Å². The molecule has 1 amide bonds. The topological polar surface area (TPSA) is 54.0 Å². The van der Waals surface area contributed by atoms with Crippen LogP contribution in [0.2, 0.25) is 5.02 Å². The molecule has 2 N–H and O–H groups in total. The van der Waals surface area contributed by atoms with Crippen LogP contribution in [0.3, 0.4) is 0 Å². The number of rotatable bonds is 6. The monoisotopic (exact) mass is 411 g/mol. The molecule has 6 heteroatoms. The number of benzene rings is 2. The fraction of sp³-hybridized carbons (Fsp3) is 0.217. The molecule has 0 saturated carbocycles. The van der Waals surface area contributed by atoms with Crippen LogP contribution in [0.25, 0.3) is 0 Å². The predicted octanol–water partition coefficient (Wildman–Crippen LogP) is 5.98. The van der Waals surface area contributed by atoms with Crippen molar-refractivity contribution in [2.45, 2.75) is 33.2 Å². The highest BCUT2D eigenvalue weighted by molar-refractivity contribution is 6.31. The molecule has 0 spiro atoms. The minimum absolute atomic E-state index is 0.131. The van der Waals surface area contributed by atoms with Gasteiger partial charge in [-0.1, -0.05) is 43.6 Å². The summed E-state index contributed by atoms with van der Waals surface area (Å²) in [5, 5.41) is 6.78. The minimum atomic E-state index is -0.302. The van der Waals surface area contributed by atoms with Crippen LogP contribution < -0.4 is 10.6 Å². The van der Waals surface area contributed by atoms with Crippen molar-refractivity contribution in [1.29, 1.82) is 0 Å². The second kappa shape index (κ2) is 9.05. The molecule has 4 nitrogen and oxygen atoms in total. The molecule has 0 unspecified atom stereocenters. The van der Waals surface area contributed by atoms with Gasteiger partial charge >= 0.3 is 0 Å². The number of halogens is 2. The van der Waals surface area contributed by atoms with Crippen LogP contribution in [0.4, 0.5) is 15.9 Å². The highest BCUT2D eigenvalue weighted by Gasteiger charge is 2.16. The normalized spacial score (nSPS) is 10.8. The second-order valence-electron chi connectivity index (χ2n) is 7.21. The van der Waals surface area contributed by atoms with Gasteiger partial charge in [-0.3, -0.25) is 4.79 Å². The lowest BCUT2D eigenvalue weighted by atomic mass is 9.98. The molecule has 1 aromatic heterocycles. The third kappa shape index (κ3) is 5.33. The van der Waals surface area contributed by atoms with Gasteiger partial charge in [-0.2, -0.15) is 0 Å². The van der Waals surface area contributed by atoms with Crippen molar-refractivity contribution in [1.82, 2.24) is 10.3 Å². The Labute approximate surface area is 175 Å².